The van der Waals surface area contributed by atoms with Gasteiger partial charge in [-0.15, -0.1) is 10.2 Å². The fourth-order valence-electron chi connectivity index (χ4n) is 2.74. The van der Waals surface area contributed by atoms with Crippen LogP contribution in [-0.2, 0) is 0 Å². The second-order valence-corrected chi connectivity index (χ2v) is 7.40. The van der Waals surface area contributed by atoms with Gasteiger partial charge in [-0.05, 0) is 31.4 Å². The van der Waals surface area contributed by atoms with E-state index < -0.39 is 6.10 Å². The molecule has 0 aliphatic rings. The van der Waals surface area contributed by atoms with E-state index in [-0.39, 0.29) is 12.1 Å². The standard InChI is InChI=1S/C21H27N5O3/c1-21(2,14-29-20-11-10-19(24-22)25-26-20)23-12-16(27)13-28-18-9-5-7-15-6-3-4-8-17(15)18/h3-11,16,23,27H,12-14,22H2,1-2H3,(H,24,25). The van der Waals surface area contributed by atoms with Crippen molar-refractivity contribution in [3.05, 3.63) is 54.6 Å². The SMILES string of the molecule is CC(C)(COc1ccc(NN)nn1)NCC(O)COc1cccc2ccccc12. The van der Waals surface area contributed by atoms with Gasteiger partial charge in [0.25, 0.3) is 0 Å². The Morgan fingerprint density at radius 2 is 1.83 bits per heavy atom. The first-order valence-electron chi connectivity index (χ1n) is 9.44. The Balaban J connectivity index is 1.45. The average molecular weight is 397 g/mol. The molecular formula is C21H27N5O3. The lowest BCUT2D eigenvalue weighted by Crippen LogP contribution is -2.48. The van der Waals surface area contributed by atoms with Gasteiger partial charge in [-0.1, -0.05) is 36.4 Å². The van der Waals surface area contributed by atoms with Crippen molar-refractivity contribution >= 4 is 16.6 Å². The number of β-amino-alcohol motifs (C(OH)–C–C–N with tert-alkyl or cyclic N) is 1. The van der Waals surface area contributed by atoms with E-state index in [0.29, 0.717) is 24.8 Å². The van der Waals surface area contributed by atoms with Gasteiger partial charge in [0.05, 0.1) is 0 Å². The number of hydrogen-bond acceptors (Lipinski definition) is 8. The van der Waals surface area contributed by atoms with Crippen molar-refractivity contribution in [3.63, 3.8) is 0 Å². The Kier molecular flexibility index (Phi) is 6.82. The molecule has 8 nitrogen and oxygen atoms in total. The van der Waals surface area contributed by atoms with Crippen molar-refractivity contribution in [2.45, 2.75) is 25.5 Å². The third-order valence-electron chi connectivity index (χ3n) is 4.37. The molecule has 0 bridgehead atoms. The number of ether oxygens (including phenoxy) is 2. The normalized spacial score (nSPS) is 12.6. The summed E-state index contributed by atoms with van der Waals surface area (Å²) in [5, 5.41) is 23.5. The van der Waals surface area contributed by atoms with E-state index in [1.54, 1.807) is 12.1 Å². The number of nitrogens with zero attached hydrogens (tertiary/aromatic N) is 2. The molecule has 1 unspecified atom stereocenters. The van der Waals surface area contributed by atoms with Gasteiger partial charge >= 0.3 is 0 Å². The molecule has 1 aromatic heterocycles. The predicted octanol–water partition coefficient (Wildman–Crippen LogP) is 2.10. The predicted molar refractivity (Wildman–Crippen MR) is 113 cm³/mol. The fourth-order valence-corrected chi connectivity index (χ4v) is 2.74. The third-order valence-corrected chi connectivity index (χ3v) is 4.37. The van der Waals surface area contributed by atoms with Crippen LogP contribution in [0.2, 0.25) is 0 Å². The molecule has 0 amide bonds. The first kappa shape index (κ1) is 20.8. The van der Waals surface area contributed by atoms with Crippen LogP contribution in [0.1, 0.15) is 13.8 Å². The average Bonchev–Trinajstić information content (AvgIpc) is 2.75. The summed E-state index contributed by atoms with van der Waals surface area (Å²) in [6.45, 7) is 4.87. The molecule has 0 radical (unpaired) electrons. The monoisotopic (exact) mass is 397 g/mol. The minimum Gasteiger partial charge on any atom is -0.490 e. The van der Waals surface area contributed by atoms with Crippen LogP contribution in [0.3, 0.4) is 0 Å². The molecule has 29 heavy (non-hydrogen) atoms. The highest BCUT2D eigenvalue weighted by atomic mass is 16.5. The quantitative estimate of drug-likeness (QED) is 0.304. The summed E-state index contributed by atoms with van der Waals surface area (Å²) in [5.74, 6) is 6.89. The number of aliphatic hydroxyl groups is 1. The highest BCUT2D eigenvalue weighted by molar-refractivity contribution is 5.88. The van der Waals surface area contributed by atoms with Gasteiger partial charge in [-0.25, -0.2) is 5.84 Å². The molecule has 2 aromatic carbocycles. The number of anilines is 1. The van der Waals surface area contributed by atoms with Gasteiger partial charge in [0.2, 0.25) is 5.88 Å². The van der Waals surface area contributed by atoms with Crippen molar-refractivity contribution in [3.8, 4) is 11.6 Å². The van der Waals surface area contributed by atoms with Gasteiger partial charge in [-0.3, -0.25) is 0 Å². The number of nitrogens with two attached hydrogens (primary N) is 1. The van der Waals surface area contributed by atoms with Gasteiger partial charge < -0.3 is 25.3 Å². The summed E-state index contributed by atoms with van der Waals surface area (Å²) >= 11 is 0. The second-order valence-electron chi connectivity index (χ2n) is 7.40. The van der Waals surface area contributed by atoms with E-state index in [2.05, 4.69) is 20.9 Å². The highest BCUT2D eigenvalue weighted by Crippen LogP contribution is 2.25. The van der Waals surface area contributed by atoms with Crippen LogP contribution in [0.5, 0.6) is 11.6 Å². The highest BCUT2D eigenvalue weighted by Gasteiger charge is 2.20. The lowest BCUT2D eigenvalue weighted by molar-refractivity contribution is 0.0929. The molecule has 0 fully saturated rings. The molecule has 0 saturated carbocycles. The Morgan fingerprint density at radius 3 is 2.59 bits per heavy atom. The maximum absolute atomic E-state index is 10.3. The smallest absolute Gasteiger partial charge is 0.233 e. The molecular weight excluding hydrogens is 370 g/mol. The zero-order valence-corrected chi connectivity index (χ0v) is 16.6. The molecule has 1 atom stereocenters. The van der Waals surface area contributed by atoms with Gasteiger partial charge in [0.1, 0.15) is 25.1 Å². The van der Waals surface area contributed by atoms with Crippen LogP contribution in [0.25, 0.3) is 10.8 Å². The zero-order valence-electron chi connectivity index (χ0n) is 16.6. The summed E-state index contributed by atoms with van der Waals surface area (Å²) in [5.41, 5.74) is 2.03. The fraction of sp³-hybridized carbons (Fsp3) is 0.333. The number of nitrogen functional groups attached to an aromatic ring is 1. The topological polar surface area (TPSA) is 115 Å². The molecule has 154 valence electrons. The molecule has 5 N–H and O–H groups in total. The second kappa shape index (κ2) is 9.51. The molecule has 8 heteroatoms. The molecule has 0 aliphatic carbocycles. The Bertz CT molecular complexity index is 912. The van der Waals surface area contributed by atoms with Gasteiger partial charge in [0, 0.05) is 23.5 Å². The van der Waals surface area contributed by atoms with Crippen molar-refractivity contribution in [1.29, 1.82) is 0 Å². The van der Waals surface area contributed by atoms with E-state index >= 15 is 0 Å². The lowest BCUT2D eigenvalue weighted by Gasteiger charge is -2.27. The minimum absolute atomic E-state index is 0.191. The van der Waals surface area contributed by atoms with Crippen LogP contribution in [0.4, 0.5) is 5.82 Å². The molecule has 0 saturated heterocycles. The van der Waals surface area contributed by atoms with E-state index in [0.717, 1.165) is 16.5 Å². The summed E-state index contributed by atoms with van der Waals surface area (Å²) in [6, 6.07) is 17.3. The number of benzene rings is 2. The van der Waals surface area contributed by atoms with E-state index in [1.165, 1.54) is 0 Å². The van der Waals surface area contributed by atoms with Crippen LogP contribution in [0, 0.1) is 0 Å². The number of fused-ring (bicyclic) bond motifs is 1. The zero-order chi connectivity index (χ0) is 20.7. The van der Waals surface area contributed by atoms with Gasteiger partial charge in [0.15, 0.2) is 5.82 Å². The maximum Gasteiger partial charge on any atom is 0.233 e. The Labute approximate surface area is 170 Å². The number of aromatic nitrogens is 2. The van der Waals surface area contributed by atoms with E-state index in [1.807, 2.05) is 56.3 Å². The van der Waals surface area contributed by atoms with Crippen LogP contribution in [-0.4, -0.2) is 46.7 Å². The van der Waals surface area contributed by atoms with Crippen molar-refractivity contribution < 1.29 is 14.6 Å². The summed E-state index contributed by atoms with van der Waals surface area (Å²) < 4.78 is 11.5. The van der Waals surface area contributed by atoms with Crippen LogP contribution in [0.15, 0.2) is 54.6 Å². The van der Waals surface area contributed by atoms with Crippen LogP contribution < -0.4 is 26.1 Å². The molecule has 3 rings (SSSR count). The van der Waals surface area contributed by atoms with Gasteiger partial charge in [-0.2, -0.15) is 0 Å². The maximum atomic E-state index is 10.3. The molecule has 1 heterocycles. The minimum atomic E-state index is -0.664. The number of aliphatic hydroxyl groups excluding tert-OH is 1. The summed E-state index contributed by atoms with van der Waals surface area (Å²) in [4.78, 5) is 0. The third kappa shape index (κ3) is 6.02. The van der Waals surface area contributed by atoms with E-state index in [9.17, 15) is 5.11 Å². The molecule has 0 aliphatic heterocycles. The van der Waals surface area contributed by atoms with Crippen molar-refractivity contribution in [1.82, 2.24) is 15.5 Å². The summed E-state index contributed by atoms with van der Waals surface area (Å²) in [7, 11) is 0. The first-order chi connectivity index (χ1) is 14.0. The van der Waals surface area contributed by atoms with Crippen molar-refractivity contribution in [2.24, 2.45) is 5.84 Å². The number of rotatable bonds is 10. The van der Waals surface area contributed by atoms with Crippen LogP contribution >= 0.6 is 0 Å². The molecule has 3 aromatic rings. The first-order valence-corrected chi connectivity index (χ1v) is 9.44. The Morgan fingerprint density at radius 1 is 1.03 bits per heavy atom. The lowest BCUT2D eigenvalue weighted by atomic mass is 10.1. The number of nitrogens with one attached hydrogen (secondary N) is 2. The number of hydrogen-bond donors (Lipinski definition) is 4. The number of hydrazine groups is 1. The largest absolute Gasteiger partial charge is 0.490 e. The Hall–Kier alpha value is -2.94. The van der Waals surface area contributed by atoms with Crippen molar-refractivity contribution in [2.75, 3.05) is 25.2 Å². The van der Waals surface area contributed by atoms with E-state index in [4.69, 9.17) is 15.3 Å². The molecule has 0 spiro atoms. The summed E-state index contributed by atoms with van der Waals surface area (Å²) in [6.07, 6.45) is -0.664.